The summed E-state index contributed by atoms with van der Waals surface area (Å²) in [7, 11) is 0. The Balaban J connectivity index is 1.23. The van der Waals surface area contributed by atoms with Gasteiger partial charge in [-0.15, -0.1) is 0 Å². The standard InChI is InChI=1S/C55H34/c1-3-17-41(18-4-1)55(42-19-5-2-6-20-42)51-33-39(49-31-35-15-7-9-21-43(35)45-23-11-13-25-47(45)49)29-37-27-28-38-30-40(34-52(55)54(38)53(37)51)50-32-36-16-8-10-22-44(36)46-24-12-14-26-48(46)50/h1-34H. The van der Waals surface area contributed by atoms with Gasteiger partial charge in [0.25, 0.3) is 0 Å². The molecule has 0 aliphatic heterocycles. The van der Waals surface area contributed by atoms with Crippen molar-refractivity contribution in [3.05, 3.63) is 229 Å². The van der Waals surface area contributed by atoms with E-state index in [0.29, 0.717) is 0 Å². The molecule has 254 valence electrons. The van der Waals surface area contributed by atoms with Crippen molar-refractivity contribution in [2.75, 3.05) is 0 Å². The smallest absolute Gasteiger partial charge is 0.0622 e. The second kappa shape index (κ2) is 11.5. The largest absolute Gasteiger partial charge is 0.0714 e. The maximum Gasteiger partial charge on any atom is 0.0714 e. The zero-order chi connectivity index (χ0) is 36.1. The lowest BCUT2D eigenvalue weighted by atomic mass is 9.66. The van der Waals surface area contributed by atoms with Gasteiger partial charge in [0.1, 0.15) is 0 Å². The molecule has 1 aliphatic carbocycles. The van der Waals surface area contributed by atoms with E-state index in [2.05, 4.69) is 206 Å². The molecule has 0 unspecified atom stereocenters. The summed E-state index contributed by atoms with van der Waals surface area (Å²) >= 11 is 0. The molecule has 0 amide bonds. The van der Waals surface area contributed by atoms with Gasteiger partial charge >= 0.3 is 0 Å². The van der Waals surface area contributed by atoms with Crippen molar-refractivity contribution >= 4 is 64.6 Å². The molecule has 0 N–H and O–H groups in total. The van der Waals surface area contributed by atoms with Crippen LogP contribution in [-0.2, 0) is 5.41 Å². The third kappa shape index (κ3) is 4.23. The van der Waals surface area contributed by atoms with Crippen LogP contribution in [0.25, 0.3) is 86.9 Å². The molecule has 0 fully saturated rings. The van der Waals surface area contributed by atoms with Gasteiger partial charge in [0.2, 0.25) is 0 Å². The van der Waals surface area contributed by atoms with Crippen molar-refractivity contribution < 1.29 is 0 Å². The molecule has 0 saturated carbocycles. The predicted octanol–water partition coefficient (Wildman–Crippen LogP) is 14.6. The van der Waals surface area contributed by atoms with E-state index in [0.717, 1.165) is 0 Å². The lowest BCUT2D eigenvalue weighted by Crippen LogP contribution is -2.28. The average Bonchev–Trinajstić information content (AvgIpc) is 3.56. The summed E-state index contributed by atoms with van der Waals surface area (Å²) in [6.07, 6.45) is 0. The molecule has 55 heavy (non-hydrogen) atoms. The van der Waals surface area contributed by atoms with Crippen molar-refractivity contribution in [3.63, 3.8) is 0 Å². The monoisotopic (exact) mass is 694 g/mol. The van der Waals surface area contributed by atoms with E-state index in [-0.39, 0.29) is 0 Å². The van der Waals surface area contributed by atoms with Gasteiger partial charge in [-0.25, -0.2) is 0 Å². The molecule has 0 bridgehead atoms. The Morgan fingerprint density at radius 1 is 0.255 bits per heavy atom. The van der Waals surface area contributed by atoms with Crippen molar-refractivity contribution in [3.8, 4) is 22.3 Å². The molecular weight excluding hydrogens is 661 g/mol. The number of hydrogen-bond acceptors (Lipinski definition) is 0. The van der Waals surface area contributed by atoms with Gasteiger partial charge in [0, 0.05) is 0 Å². The number of benzene rings is 11. The molecule has 0 nitrogen and oxygen atoms in total. The highest BCUT2D eigenvalue weighted by Gasteiger charge is 2.45. The second-order valence-electron chi connectivity index (χ2n) is 15.2. The van der Waals surface area contributed by atoms with Gasteiger partial charge in [-0.05, 0) is 146 Å². The van der Waals surface area contributed by atoms with E-state index in [1.54, 1.807) is 0 Å². The summed E-state index contributed by atoms with van der Waals surface area (Å²) < 4.78 is 0. The molecule has 0 heteroatoms. The Morgan fingerprint density at radius 2 is 0.618 bits per heavy atom. The van der Waals surface area contributed by atoms with Crippen LogP contribution in [-0.4, -0.2) is 0 Å². The third-order valence-electron chi connectivity index (χ3n) is 12.4. The van der Waals surface area contributed by atoms with Crippen LogP contribution in [0, 0.1) is 0 Å². The van der Waals surface area contributed by atoms with Crippen LogP contribution in [0.2, 0.25) is 0 Å². The molecule has 12 rings (SSSR count). The number of rotatable bonds is 4. The van der Waals surface area contributed by atoms with E-state index < -0.39 is 5.41 Å². The van der Waals surface area contributed by atoms with Crippen LogP contribution in [0.15, 0.2) is 206 Å². The van der Waals surface area contributed by atoms with E-state index in [9.17, 15) is 0 Å². The normalized spacial score (nSPS) is 13.2. The highest BCUT2D eigenvalue weighted by atomic mass is 14.5. The zero-order valence-electron chi connectivity index (χ0n) is 30.1. The van der Waals surface area contributed by atoms with Gasteiger partial charge in [0.05, 0.1) is 5.41 Å². The lowest BCUT2D eigenvalue weighted by Gasteiger charge is -2.35. The Kier molecular flexibility index (Phi) is 6.36. The first kappa shape index (κ1) is 30.4. The van der Waals surface area contributed by atoms with E-state index >= 15 is 0 Å². The van der Waals surface area contributed by atoms with E-state index in [4.69, 9.17) is 0 Å². The second-order valence-corrected chi connectivity index (χ2v) is 15.2. The summed E-state index contributed by atoms with van der Waals surface area (Å²) in [5, 5.41) is 15.5. The first-order chi connectivity index (χ1) is 27.3. The van der Waals surface area contributed by atoms with Crippen LogP contribution in [0.4, 0.5) is 0 Å². The van der Waals surface area contributed by atoms with Crippen LogP contribution in [0.1, 0.15) is 22.3 Å². The van der Waals surface area contributed by atoms with Crippen molar-refractivity contribution in [2.45, 2.75) is 5.41 Å². The fourth-order valence-electron chi connectivity index (χ4n) is 10.1. The minimum absolute atomic E-state index is 0.548. The Bertz CT molecular complexity index is 3130. The molecule has 0 spiro atoms. The van der Waals surface area contributed by atoms with Crippen LogP contribution < -0.4 is 0 Å². The summed E-state index contributed by atoms with van der Waals surface area (Å²) in [4.78, 5) is 0. The molecule has 0 radical (unpaired) electrons. The molecule has 1 aliphatic rings. The van der Waals surface area contributed by atoms with Crippen molar-refractivity contribution in [1.82, 2.24) is 0 Å². The Morgan fingerprint density at radius 3 is 1.05 bits per heavy atom. The zero-order valence-corrected chi connectivity index (χ0v) is 30.1. The SMILES string of the molecule is c1ccc(C2(c3ccccc3)c3cc(-c4cc5ccccc5c5ccccc45)cc4ccc5cc(-c6cc7ccccc7c7ccccc67)cc2c5c34)cc1. The maximum atomic E-state index is 2.53. The summed E-state index contributed by atoms with van der Waals surface area (Å²) in [5.41, 5.74) is 9.72. The van der Waals surface area contributed by atoms with Crippen LogP contribution >= 0.6 is 0 Å². The predicted molar refractivity (Wildman–Crippen MR) is 234 cm³/mol. The fraction of sp³-hybridized carbons (Fsp3) is 0.0182. The first-order valence-corrected chi connectivity index (χ1v) is 19.3. The lowest BCUT2D eigenvalue weighted by molar-refractivity contribution is 0.772. The van der Waals surface area contributed by atoms with E-state index in [1.165, 1.54) is 109 Å². The first-order valence-electron chi connectivity index (χ1n) is 19.3. The van der Waals surface area contributed by atoms with Crippen molar-refractivity contribution in [2.24, 2.45) is 0 Å². The Labute approximate surface area is 319 Å². The molecule has 11 aromatic rings. The van der Waals surface area contributed by atoms with Crippen LogP contribution in [0.3, 0.4) is 0 Å². The van der Waals surface area contributed by atoms with Gasteiger partial charge in [-0.3, -0.25) is 0 Å². The quantitative estimate of drug-likeness (QED) is 0.161. The van der Waals surface area contributed by atoms with Gasteiger partial charge < -0.3 is 0 Å². The minimum atomic E-state index is -0.548. The number of fused-ring (bicyclic) bond motifs is 6. The molecule has 0 aromatic heterocycles. The highest BCUT2D eigenvalue weighted by molar-refractivity contribution is 6.21. The summed E-state index contributed by atoms with van der Waals surface area (Å²) in [5.74, 6) is 0. The van der Waals surface area contributed by atoms with Crippen molar-refractivity contribution in [1.29, 1.82) is 0 Å². The molecule has 0 saturated heterocycles. The van der Waals surface area contributed by atoms with Gasteiger partial charge in [-0.1, -0.05) is 170 Å². The fourth-order valence-corrected chi connectivity index (χ4v) is 10.1. The van der Waals surface area contributed by atoms with E-state index in [1.807, 2.05) is 0 Å². The average molecular weight is 695 g/mol. The summed E-state index contributed by atoms with van der Waals surface area (Å²) in [6.45, 7) is 0. The molecule has 11 aromatic carbocycles. The molecule has 0 atom stereocenters. The minimum Gasteiger partial charge on any atom is -0.0622 e. The van der Waals surface area contributed by atoms with Gasteiger partial charge in [-0.2, -0.15) is 0 Å². The van der Waals surface area contributed by atoms with Crippen LogP contribution in [0.5, 0.6) is 0 Å². The maximum absolute atomic E-state index is 2.53. The molecule has 0 heterocycles. The Hall–Kier alpha value is -7.02. The number of hydrogen-bond donors (Lipinski definition) is 0. The summed E-state index contributed by atoms with van der Waals surface area (Å²) in [6, 6.07) is 77.4. The highest BCUT2D eigenvalue weighted by Crippen LogP contribution is 2.58. The third-order valence-corrected chi connectivity index (χ3v) is 12.4. The molecular formula is C55H34. The van der Waals surface area contributed by atoms with Gasteiger partial charge in [0.15, 0.2) is 0 Å². The topological polar surface area (TPSA) is 0 Å².